The maximum Gasteiger partial charge on any atom is 0.225 e. The van der Waals surface area contributed by atoms with Crippen molar-refractivity contribution in [3.8, 4) is 5.88 Å². The van der Waals surface area contributed by atoms with Gasteiger partial charge in [-0.25, -0.2) is 4.98 Å². The highest BCUT2D eigenvalue weighted by atomic mass is 16.5. The van der Waals surface area contributed by atoms with Gasteiger partial charge in [0.1, 0.15) is 0 Å². The first kappa shape index (κ1) is 11.3. The summed E-state index contributed by atoms with van der Waals surface area (Å²) in [4.78, 5) is 8.23. The first-order valence-corrected chi connectivity index (χ1v) is 5.33. The molecule has 0 aromatic carbocycles. The van der Waals surface area contributed by atoms with E-state index in [4.69, 9.17) is 4.74 Å². The Hall–Kier alpha value is -2.18. The number of anilines is 1. The molecule has 0 bridgehead atoms. The molecule has 2 heterocycles. The molecule has 7 nitrogen and oxygen atoms in total. The van der Waals surface area contributed by atoms with E-state index in [0.29, 0.717) is 11.8 Å². The molecular weight excluding hydrogens is 220 g/mol. The summed E-state index contributed by atoms with van der Waals surface area (Å²) in [5.41, 5.74) is 0. The monoisotopic (exact) mass is 234 g/mol. The molecule has 0 fully saturated rings. The Bertz CT molecular complexity index is 444. The summed E-state index contributed by atoms with van der Waals surface area (Å²) in [6.45, 7) is 1.59. The van der Waals surface area contributed by atoms with Gasteiger partial charge in [-0.2, -0.15) is 4.98 Å². The van der Waals surface area contributed by atoms with Gasteiger partial charge in [0, 0.05) is 31.5 Å². The predicted molar refractivity (Wildman–Crippen MR) is 61.7 cm³/mol. The van der Waals surface area contributed by atoms with Crippen LogP contribution in [-0.2, 0) is 6.54 Å². The lowest BCUT2D eigenvalue weighted by Gasteiger charge is -2.05. The highest BCUT2D eigenvalue weighted by molar-refractivity contribution is 5.26. The van der Waals surface area contributed by atoms with Crippen molar-refractivity contribution in [2.75, 3.05) is 19.0 Å². The molecule has 2 rings (SSSR count). The number of nitrogens with one attached hydrogen (secondary N) is 1. The molecular formula is C10H14N6O. The Morgan fingerprint density at radius 2 is 2.35 bits per heavy atom. The predicted octanol–water partition coefficient (Wildman–Crippen LogP) is 0.579. The van der Waals surface area contributed by atoms with Crippen LogP contribution in [0.3, 0.4) is 0 Å². The minimum Gasteiger partial charge on any atom is -0.481 e. The molecule has 0 atom stereocenters. The molecule has 2 aromatic rings. The number of rotatable bonds is 6. The molecule has 0 spiro atoms. The normalized spacial score (nSPS) is 10.2. The molecule has 1 N–H and O–H groups in total. The number of hydrogen-bond acceptors (Lipinski definition) is 6. The molecule has 0 unspecified atom stereocenters. The summed E-state index contributed by atoms with van der Waals surface area (Å²) >= 11 is 0. The van der Waals surface area contributed by atoms with Crippen molar-refractivity contribution in [2.24, 2.45) is 0 Å². The molecule has 2 aromatic heterocycles. The van der Waals surface area contributed by atoms with E-state index in [2.05, 4.69) is 25.6 Å². The third-order valence-electron chi connectivity index (χ3n) is 2.16. The second kappa shape index (κ2) is 5.78. The smallest absolute Gasteiger partial charge is 0.225 e. The third-order valence-corrected chi connectivity index (χ3v) is 2.16. The lowest BCUT2D eigenvalue weighted by atomic mass is 10.4. The van der Waals surface area contributed by atoms with Crippen molar-refractivity contribution < 1.29 is 4.74 Å². The van der Waals surface area contributed by atoms with Gasteiger partial charge in [-0.05, 0) is 6.42 Å². The lowest BCUT2D eigenvalue weighted by molar-refractivity contribution is 0.397. The van der Waals surface area contributed by atoms with E-state index in [9.17, 15) is 0 Å². The van der Waals surface area contributed by atoms with Gasteiger partial charge in [-0.3, -0.25) is 4.68 Å². The topological polar surface area (TPSA) is 77.8 Å². The zero-order valence-electron chi connectivity index (χ0n) is 9.58. The summed E-state index contributed by atoms with van der Waals surface area (Å²) in [7, 11) is 1.58. The molecule has 90 valence electrons. The van der Waals surface area contributed by atoms with Crippen LogP contribution in [0, 0.1) is 0 Å². The summed E-state index contributed by atoms with van der Waals surface area (Å²) in [6, 6.07) is 1.71. The van der Waals surface area contributed by atoms with E-state index in [-0.39, 0.29) is 0 Å². The average molecular weight is 234 g/mol. The minimum atomic E-state index is 0.554. The largest absolute Gasteiger partial charge is 0.481 e. The molecule has 0 saturated carbocycles. The molecule has 7 heteroatoms. The van der Waals surface area contributed by atoms with Gasteiger partial charge < -0.3 is 10.1 Å². The van der Waals surface area contributed by atoms with Crippen LogP contribution in [-0.4, -0.2) is 38.6 Å². The van der Waals surface area contributed by atoms with Crippen LogP contribution < -0.4 is 10.1 Å². The summed E-state index contributed by atoms with van der Waals surface area (Å²) in [5.74, 6) is 1.13. The fraction of sp³-hybridized carbons (Fsp3) is 0.400. The van der Waals surface area contributed by atoms with Gasteiger partial charge in [0.25, 0.3) is 0 Å². The molecule has 17 heavy (non-hydrogen) atoms. The average Bonchev–Trinajstić information content (AvgIpc) is 2.88. The Morgan fingerprint density at radius 1 is 1.41 bits per heavy atom. The standard InChI is InChI=1S/C10H14N6O/c1-17-9-3-5-12-10(14-9)11-4-2-7-16-8-6-13-15-16/h3,5-6,8H,2,4,7H2,1H3,(H,11,12,14). The van der Waals surface area contributed by atoms with Crippen LogP contribution in [0.4, 0.5) is 5.95 Å². The van der Waals surface area contributed by atoms with Crippen LogP contribution in [0.25, 0.3) is 0 Å². The highest BCUT2D eigenvalue weighted by Crippen LogP contribution is 2.06. The minimum absolute atomic E-state index is 0.554. The van der Waals surface area contributed by atoms with Crippen molar-refractivity contribution in [1.29, 1.82) is 0 Å². The quantitative estimate of drug-likeness (QED) is 0.737. The van der Waals surface area contributed by atoms with E-state index in [1.807, 2.05) is 6.20 Å². The van der Waals surface area contributed by atoms with E-state index in [1.54, 1.807) is 30.3 Å². The van der Waals surface area contributed by atoms with Gasteiger partial charge in [-0.1, -0.05) is 5.21 Å². The molecule has 0 aliphatic heterocycles. The van der Waals surface area contributed by atoms with E-state index >= 15 is 0 Å². The van der Waals surface area contributed by atoms with Crippen LogP contribution in [0.15, 0.2) is 24.7 Å². The van der Waals surface area contributed by atoms with Crippen LogP contribution in [0.1, 0.15) is 6.42 Å². The van der Waals surface area contributed by atoms with Crippen molar-refractivity contribution >= 4 is 5.95 Å². The first-order chi connectivity index (χ1) is 8.38. The number of aryl methyl sites for hydroxylation is 1. The Labute approximate surface area is 98.8 Å². The van der Waals surface area contributed by atoms with Crippen molar-refractivity contribution in [2.45, 2.75) is 13.0 Å². The first-order valence-electron chi connectivity index (χ1n) is 5.33. The number of aromatic nitrogens is 5. The number of nitrogens with zero attached hydrogens (tertiary/aromatic N) is 5. The molecule has 0 saturated heterocycles. The zero-order valence-corrected chi connectivity index (χ0v) is 9.58. The fourth-order valence-electron chi connectivity index (χ4n) is 1.33. The van der Waals surface area contributed by atoms with Crippen molar-refractivity contribution in [1.82, 2.24) is 25.0 Å². The van der Waals surface area contributed by atoms with Crippen molar-refractivity contribution in [3.63, 3.8) is 0 Å². The maximum atomic E-state index is 5.01. The van der Waals surface area contributed by atoms with Gasteiger partial charge in [0.15, 0.2) is 0 Å². The lowest BCUT2D eigenvalue weighted by Crippen LogP contribution is -2.09. The van der Waals surface area contributed by atoms with Gasteiger partial charge in [0.2, 0.25) is 11.8 Å². The number of hydrogen-bond donors (Lipinski definition) is 1. The van der Waals surface area contributed by atoms with Crippen LogP contribution in [0.5, 0.6) is 5.88 Å². The van der Waals surface area contributed by atoms with Gasteiger partial charge in [-0.15, -0.1) is 5.10 Å². The summed E-state index contributed by atoms with van der Waals surface area (Å²) in [5, 5.41) is 10.7. The van der Waals surface area contributed by atoms with Crippen LogP contribution in [0.2, 0.25) is 0 Å². The summed E-state index contributed by atoms with van der Waals surface area (Å²) in [6.07, 6.45) is 6.08. The molecule has 0 aliphatic rings. The Balaban J connectivity index is 1.74. The fourth-order valence-corrected chi connectivity index (χ4v) is 1.33. The second-order valence-electron chi connectivity index (χ2n) is 3.37. The SMILES string of the molecule is COc1ccnc(NCCCn2ccnn2)n1. The Morgan fingerprint density at radius 3 is 3.12 bits per heavy atom. The Kier molecular flexibility index (Phi) is 3.85. The highest BCUT2D eigenvalue weighted by Gasteiger charge is 1.98. The van der Waals surface area contributed by atoms with Gasteiger partial charge >= 0.3 is 0 Å². The number of ether oxygens (including phenoxy) is 1. The second-order valence-corrected chi connectivity index (χ2v) is 3.37. The van der Waals surface area contributed by atoms with E-state index in [1.165, 1.54) is 0 Å². The van der Waals surface area contributed by atoms with Crippen LogP contribution >= 0.6 is 0 Å². The molecule has 0 amide bonds. The maximum absolute atomic E-state index is 5.01. The molecule has 0 radical (unpaired) electrons. The van der Waals surface area contributed by atoms with E-state index in [0.717, 1.165) is 19.5 Å². The van der Waals surface area contributed by atoms with Crippen molar-refractivity contribution in [3.05, 3.63) is 24.7 Å². The number of methoxy groups -OCH3 is 1. The molecule has 0 aliphatic carbocycles. The van der Waals surface area contributed by atoms with E-state index < -0.39 is 0 Å². The zero-order chi connectivity index (χ0) is 11.9. The van der Waals surface area contributed by atoms with Gasteiger partial charge in [0.05, 0.1) is 13.3 Å². The third kappa shape index (κ3) is 3.40. The summed E-state index contributed by atoms with van der Waals surface area (Å²) < 4.78 is 6.79.